The molecule has 0 aliphatic carbocycles. The van der Waals surface area contributed by atoms with E-state index in [0.29, 0.717) is 17.3 Å². The molecule has 2 heterocycles. The third kappa shape index (κ3) is 3.88. The van der Waals surface area contributed by atoms with Gasteiger partial charge in [-0.15, -0.1) is 0 Å². The van der Waals surface area contributed by atoms with Gasteiger partial charge in [0.2, 0.25) is 11.3 Å². The molecule has 0 unspecified atom stereocenters. The maximum absolute atomic E-state index is 5.15. The molecule has 0 saturated heterocycles. The summed E-state index contributed by atoms with van der Waals surface area (Å²) in [6.45, 7) is 2.03. The molecule has 9 heteroatoms. The van der Waals surface area contributed by atoms with Crippen LogP contribution in [0.4, 0.5) is 17.3 Å². The van der Waals surface area contributed by atoms with Crippen LogP contribution in [0.5, 0.6) is 5.75 Å². The van der Waals surface area contributed by atoms with Crippen molar-refractivity contribution in [3.63, 3.8) is 0 Å². The van der Waals surface area contributed by atoms with E-state index in [1.165, 1.54) is 0 Å². The average Bonchev–Trinajstić information content (AvgIpc) is 3.17. The van der Waals surface area contributed by atoms with Crippen LogP contribution >= 0.6 is 0 Å². The van der Waals surface area contributed by atoms with Crippen molar-refractivity contribution in [2.24, 2.45) is 5.10 Å². The summed E-state index contributed by atoms with van der Waals surface area (Å²) in [7, 11) is 1.63. The molecule has 2 aromatic carbocycles. The van der Waals surface area contributed by atoms with Crippen LogP contribution in [-0.2, 0) is 0 Å². The minimum Gasteiger partial charge on any atom is -0.497 e. The molecule has 0 aliphatic heterocycles. The van der Waals surface area contributed by atoms with Crippen molar-refractivity contribution in [2.75, 3.05) is 17.9 Å². The summed E-state index contributed by atoms with van der Waals surface area (Å²) in [6.07, 6.45) is 1.67. The second kappa shape index (κ2) is 7.70. The Balaban J connectivity index is 1.58. The number of hydrogen-bond donors (Lipinski definition) is 2. The van der Waals surface area contributed by atoms with Crippen molar-refractivity contribution in [3.8, 4) is 5.75 Å². The number of nitrogens with zero attached hydrogens (tertiary/aromatic N) is 5. The number of nitrogens with one attached hydrogen (secondary N) is 2. The molecule has 0 aliphatic rings. The summed E-state index contributed by atoms with van der Waals surface area (Å²) in [5.41, 5.74) is 6.41. The highest BCUT2D eigenvalue weighted by molar-refractivity contribution is 5.81. The number of hydrazone groups is 1. The summed E-state index contributed by atoms with van der Waals surface area (Å²) >= 11 is 0. The van der Waals surface area contributed by atoms with Gasteiger partial charge < -0.3 is 10.1 Å². The number of aromatic nitrogens is 4. The lowest BCUT2D eigenvalue weighted by Crippen LogP contribution is -2.03. The van der Waals surface area contributed by atoms with Crippen molar-refractivity contribution in [2.45, 2.75) is 6.92 Å². The lowest BCUT2D eigenvalue weighted by atomic mass is 10.2. The zero-order chi connectivity index (χ0) is 19.3. The van der Waals surface area contributed by atoms with Crippen molar-refractivity contribution in [1.82, 2.24) is 20.3 Å². The molecule has 140 valence electrons. The highest BCUT2D eigenvalue weighted by Crippen LogP contribution is 2.24. The van der Waals surface area contributed by atoms with Gasteiger partial charge in [0, 0.05) is 5.69 Å². The van der Waals surface area contributed by atoms with E-state index >= 15 is 0 Å². The van der Waals surface area contributed by atoms with Crippen molar-refractivity contribution < 1.29 is 9.37 Å². The van der Waals surface area contributed by atoms with Gasteiger partial charge in [0.05, 0.1) is 13.3 Å². The average molecular weight is 375 g/mol. The maximum atomic E-state index is 5.15. The molecule has 0 saturated carbocycles. The van der Waals surface area contributed by atoms with Crippen LogP contribution in [0.25, 0.3) is 11.3 Å². The molecule has 4 aromatic rings. The van der Waals surface area contributed by atoms with Crippen LogP contribution in [0.3, 0.4) is 0 Å². The second-order valence-corrected chi connectivity index (χ2v) is 5.97. The number of ether oxygens (including phenoxy) is 1. The smallest absolute Gasteiger partial charge is 0.245 e. The predicted octanol–water partition coefficient (Wildman–Crippen LogP) is 3.52. The van der Waals surface area contributed by atoms with E-state index < -0.39 is 0 Å². The zero-order valence-electron chi connectivity index (χ0n) is 15.2. The SMILES string of the molecule is COc1ccc(C=NNc2nc3nonc3nc2Nc2ccc(C)cc2)cc1. The number of methoxy groups -OCH3 is 1. The minimum atomic E-state index is 0.289. The Bertz CT molecular complexity index is 1110. The van der Waals surface area contributed by atoms with E-state index in [2.05, 4.69) is 36.1 Å². The van der Waals surface area contributed by atoms with E-state index in [1.807, 2.05) is 55.5 Å². The van der Waals surface area contributed by atoms with E-state index in [0.717, 1.165) is 22.6 Å². The van der Waals surface area contributed by atoms with E-state index in [1.54, 1.807) is 13.3 Å². The molecule has 28 heavy (non-hydrogen) atoms. The summed E-state index contributed by atoms with van der Waals surface area (Å²) in [4.78, 5) is 8.78. The molecular formula is C19H17N7O2. The third-order valence-electron chi connectivity index (χ3n) is 3.93. The Hall–Kier alpha value is -4.01. The van der Waals surface area contributed by atoms with E-state index in [4.69, 9.17) is 9.37 Å². The van der Waals surface area contributed by atoms with Gasteiger partial charge >= 0.3 is 0 Å². The van der Waals surface area contributed by atoms with Gasteiger partial charge in [-0.05, 0) is 59.2 Å². The van der Waals surface area contributed by atoms with Gasteiger partial charge in [-0.3, -0.25) is 5.43 Å². The van der Waals surface area contributed by atoms with Crippen LogP contribution < -0.4 is 15.5 Å². The van der Waals surface area contributed by atoms with Gasteiger partial charge in [0.15, 0.2) is 11.6 Å². The molecule has 0 radical (unpaired) electrons. The van der Waals surface area contributed by atoms with E-state index in [9.17, 15) is 0 Å². The Morgan fingerprint density at radius 2 is 1.61 bits per heavy atom. The highest BCUT2D eigenvalue weighted by Gasteiger charge is 2.12. The number of hydrogen-bond acceptors (Lipinski definition) is 9. The Kier molecular flexibility index (Phi) is 4.79. The molecular weight excluding hydrogens is 358 g/mol. The first-order valence-electron chi connectivity index (χ1n) is 8.48. The number of aryl methyl sites for hydroxylation is 1. The minimum absolute atomic E-state index is 0.289. The fraction of sp³-hybridized carbons (Fsp3) is 0.105. The lowest BCUT2D eigenvalue weighted by molar-refractivity contribution is 0.314. The maximum Gasteiger partial charge on any atom is 0.245 e. The normalized spacial score (nSPS) is 11.1. The third-order valence-corrected chi connectivity index (χ3v) is 3.93. The number of fused-ring (bicyclic) bond motifs is 1. The first kappa shape index (κ1) is 17.4. The molecule has 9 nitrogen and oxygen atoms in total. The fourth-order valence-corrected chi connectivity index (χ4v) is 2.43. The largest absolute Gasteiger partial charge is 0.497 e. The quantitative estimate of drug-likeness (QED) is 0.389. The number of benzene rings is 2. The van der Waals surface area contributed by atoms with Gasteiger partial charge in [-0.25, -0.2) is 9.61 Å². The van der Waals surface area contributed by atoms with Crippen LogP contribution in [0.2, 0.25) is 0 Å². The Morgan fingerprint density at radius 1 is 0.929 bits per heavy atom. The monoisotopic (exact) mass is 375 g/mol. The van der Waals surface area contributed by atoms with Crippen molar-refractivity contribution in [1.29, 1.82) is 0 Å². The lowest BCUT2D eigenvalue weighted by Gasteiger charge is -2.09. The predicted molar refractivity (Wildman–Crippen MR) is 106 cm³/mol. The van der Waals surface area contributed by atoms with Crippen molar-refractivity contribution >= 4 is 34.8 Å². The number of rotatable bonds is 6. The Labute approximate surface area is 160 Å². The molecule has 0 atom stereocenters. The molecule has 2 N–H and O–H groups in total. The fourth-order valence-electron chi connectivity index (χ4n) is 2.43. The molecule has 4 rings (SSSR count). The van der Waals surface area contributed by atoms with Crippen LogP contribution in [0, 0.1) is 6.92 Å². The highest BCUT2D eigenvalue weighted by atomic mass is 16.6. The van der Waals surface area contributed by atoms with Crippen LogP contribution in [0.15, 0.2) is 58.3 Å². The van der Waals surface area contributed by atoms with Crippen LogP contribution in [0.1, 0.15) is 11.1 Å². The van der Waals surface area contributed by atoms with Gasteiger partial charge in [0.1, 0.15) is 5.75 Å². The standard InChI is InChI=1S/C19H17N7O2/c1-12-3-7-14(8-4-12)21-16-17(23-19-18(22-16)25-28-26-19)24-20-11-13-5-9-15(27-2)10-6-13/h3-11H,1-2H3,(H,21,22,25)(H,23,24,26). The van der Waals surface area contributed by atoms with Gasteiger partial charge in [-0.2, -0.15) is 10.1 Å². The molecule has 0 bridgehead atoms. The summed E-state index contributed by atoms with van der Waals surface area (Å²) in [6, 6.07) is 15.4. The zero-order valence-corrected chi connectivity index (χ0v) is 15.2. The molecule has 0 spiro atoms. The van der Waals surface area contributed by atoms with Gasteiger partial charge in [-0.1, -0.05) is 17.7 Å². The van der Waals surface area contributed by atoms with Crippen molar-refractivity contribution in [3.05, 3.63) is 59.7 Å². The second-order valence-electron chi connectivity index (χ2n) is 5.97. The Morgan fingerprint density at radius 3 is 2.29 bits per heavy atom. The molecule has 0 amide bonds. The molecule has 2 aromatic heterocycles. The summed E-state index contributed by atoms with van der Waals surface area (Å²) in [5.74, 6) is 1.64. The summed E-state index contributed by atoms with van der Waals surface area (Å²) in [5, 5.41) is 14.9. The van der Waals surface area contributed by atoms with Gasteiger partial charge in [0.25, 0.3) is 0 Å². The molecule has 0 fully saturated rings. The van der Waals surface area contributed by atoms with E-state index in [-0.39, 0.29) is 5.65 Å². The summed E-state index contributed by atoms with van der Waals surface area (Å²) < 4.78 is 9.85. The topological polar surface area (TPSA) is 110 Å². The number of anilines is 3. The first-order chi connectivity index (χ1) is 13.7. The van der Waals surface area contributed by atoms with Crippen LogP contribution in [-0.4, -0.2) is 33.6 Å². The first-order valence-corrected chi connectivity index (χ1v) is 8.48.